The second kappa shape index (κ2) is 7.75. The van der Waals surface area contributed by atoms with Gasteiger partial charge in [0.15, 0.2) is 0 Å². The maximum Gasteiger partial charge on any atom is 0.0471 e. The Morgan fingerprint density at radius 2 is 0.957 bits per heavy atom. The summed E-state index contributed by atoms with van der Waals surface area (Å²) in [5.74, 6) is 0. The van der Waals surface area contributed by atoms with Crippen molar-refractivity contribution in [2.75, 3.05) is 6.61 Å². The number of hydrogen-bond donors (Lipinski definition) is 1. The third-order valence-corrected chi connectivity index (χ3v) is 4.01. The molecule has 0 aliphatic heterocycles. The first-order valence-electron chi connectivity index (χ1n) is 8.14. The van der Waals surface area contributed by atoms with Gasteiger partial charge in [-0.3, -0.25) is 0 Å². The van der Waals surface area contributed by atoms with Gasteiger partial charge < -0.3 is 5.11 Å². The molecule has 0 saturated heterocycles. The Kier molecular flexibility index (Phi) is 5.23. The molecule has 116 valence electrons. The fourth-order valence-electron chi connectivity index (χ4n) is 2.98. The van der Waals surface area contributed by atoms with E-state index in [1.807, 2.05) is 12.1 Å². The van der Waals surface area contributed by atoms with E-state index >= 15 is 0 Å². The third-order valence-electron chi connectivity index (χ3n) is 4.01. The zero-order chi connectivity index (χ0) is 15.9. The van der Waals surface area contributed by atoms with Crippen LogP contribution in [0.5, 0.6) is 0 Å². The first kappa shape index (κ1) is 15.5. The van der Waals surface area contributed by atoms with Gasteiger partial charge in [-0.1, -0.05) is 78.9 Å². The van der Waals surface area contributed by atoms with Gasteiger partial charge in [0.05, 0.1) is 0 Å². The maximum atomic E-state index is 9.28. The fourth-order valence-corrected chi connectivity index (χ4v) is 2.98. The van der Waals surface area contributed by atoms with Gasteiger partial charge in [0.25, 0.3) is 0 Å². The van der Waals surface area contributed by atoms with Crippen molar-refractivity contribution in [3.63, 3.8) is 0 Å². The van der Waals surface area contributed by atoms with Crippen molar-refractivity contribution in [3.8, 4) is 0 Å². The molecular formula is C22H22O. The van der Waals surface area contributed by atoms with Crippen LogP contribution in [-0.2, 0) is 19.3 Å². The molecule has 0 atom stereocenters. The molecule has 23 heavy (non-hydrogen) atoms. The molecular weight excluding hydrogens is 280 g/mol. The molecule has 0 radical (unpaired) electrons. The van der Waals surface area contributed by atoms with Crippen LogP contribution in [0, 0.1) is 0 Å². The summed E-state index contributed by atoms with van der Waals surface area (Å²) in [6.45, 7) is 0.194. The van der Waals surface area contributed by atoms with E-state index in [9.17, 15) is 5.11 Å². The zero-order valence-electron chi connectivity index (χ0n) is 13.3. The van der Waals surface area contributed by atoms with Gasteiger partial charge >= 0.3 is 0 Å². The first-order chi connectivity index (χ1) is 11.3. The Bertz CT molecular complexity index is 673. The van der Waals surface area contributed by atoms with Crippen molar-refractivity contribution in [2.45, 2.75) is 19.3 Å². The molecule has 0 unspecified atom stereocenters. The van der Waals surface area contributed by atoms with E-state index in [0.29, 0.717) is 6.42 Å². The van der Waals surface area contributed by atoms with E-state index < -0.39 is 0 Å². The molecule has 0 heterocycles. The van der Waals surface area contributed by atoms with Gasteiger partial charge in [-0.2, -0.15) is 0 Å². The largest absolute Gasteiger partial charge is 0.396 e. The average Bonchev–Trinajstić information content (AvgIpc) is 2.57. The van der Waals surface area contributed by atoms with Gasteiger partial charge in [-0.25, -0.2) is 0 Å². The van der Waals surface area contributed by atoms with Crippen LogP contribution in [0.2, 0.25) is 0 Å². The highest BCUT2D eigenvalue weighted by atomic mass is 16.2. The van der Waals surface area contributed by atoms with Crippen LogP contribution in [0.15, 0.2) is 78.9 Å². The Hall–Kier alpha value is -2.38. The molecule has 0 aromatic heterocycles. The Labute approximate surface area is 138 Å². The van der Waals surface area contributed by atoms with Crippen molar-refractivity contribution >= 4 is 0 Å². The van der Waals surface area contributed by atoms with E-state index in [0.717, 1.165) is 12.8 Å². The van der Waals surface area contributed by atoms with Crippen molar-refractivity contribution in [1.82, 2.24) is 0 Å². The monoisotopic (exact) mass is 302 g/mol. The van der Waals surface area contributed by atoms with Crippen LogP contribution < -0.4 is 0 Å². The highest BCUT2D eigenvalue weighted by Gasteiger charge is 2.04. The van der Waals surface area contributed by atoms with Crippen LogP contribution in [-0.4, -0.2) is 11.7 Å². The summed E-state index contributed by atoms with van der Waals surface area (Å²) in [5, 5.41) is 9.28. The van der Waals surface area contributed by atoms with Crippen molar-refractivity contribution < 1.29 is 5.11 Å². The molecule has 0 fully saturated rings. The maximum absolute atomic E-state index is 9.28. The van der Waals surface area contributed by atoms with E-state index in [2.05, 4.69) is 66.7 Å². The molecule has 0 aliphatic rings. The van der Waals surface area contributed by atoms with E-state index in [1.165, 1.54) is 27.8 Å². The van der Waals surface area contributed by atoms with Crippen LogP contribution in [0.25, 0.3) is 0 Å². The molecule has 1 heteroatoms. The van der Waals surface area contributed by atoms with Crippen LogP contribution in [0.4, 0.5) is 0 Å². The lowest BCUT2D eigenvalue weighted by Crippen LogP contribution is -1.98. The predicted molar refractivity (Wildman–Crippen MR) is 95.7 cm³/mol. The van der Waals surface area contributed by atoms with Crippen molar-refractivity contribution in [3.05, 3.63) is 107 Å². The van der Waals surface area contributed by atoms with E-state index in [4.69, 9.17) is 0 Å². The zero-order valence-corrected chi connectivity index (χ0v) is 13.3. The van der Waals surface area contributed by atoms with Crippen molar-refractivity contribution in [2.24, 2.45) is 0 Å². The number of benzene rings is 3. The molecule has 3 rings (SSSR count). The summed E-state index contributed by atoms with van der Waals surface area (Å²) in [6.07, 6.45) is 2.58. The molecule has 0 amide bonds. The van der Waals surface area contributed by atoms with Crippen molar-refractivity contribution in [1.29, 1.82) is 0 Å². The van der Waals surface area contributed by atoms with Gasteiger partial charge in [-0.05, 0) is 47.1 Å². The van der Waals surface area contributed by atoms with Crippen LogP contribution >= 0.6 is 0 Å². The molecule has 3 aromatic carbocycles. The molecule has 0 bridgehead atoms. The normalized spacial score (nSPS) is 10.7. The highest BCUT2D eigenvalue weighted by Crippen LogP contribution is 2.18. The summed E-state index contributed by atoms with van der Waals surface area (Å²) < 4.78 is 0. The molecule has 3 aromatic rings. The SMILES string of the molecule is OCCc1cc(Cc2ccccc2)cc(Cc2ccccc2)c1. The average molecular weight is 302 g/mol. The predicted octanol–water partition coefficient (Wildman–Crippen LogP) is 4.40. The Balaban J connectivity index is 1.86. The third kappa shape index (κ3) is 4.54. The summed E-state index contributed by atoms with van der Waals surface area (Å²) in [6, 6.07) is 27.8. The molecule has 1 N–H and O–H groups in total. The van der Waals surface area contributed by atoms with Gasteiger partial charge in [0, 0.05) is 6.61 Å². The molecule has 0 saturated carbocycles. The second-order valence-electron chi connectivity index (χ2n) is 5.96. The van der Waals surface area contributed by atoms with E-state index in [1.54, 1.807) is 0 Å². The summed E-state index contributed by atoms with van der Waals surface area (Å²) in [5.41, 5.74) is 6.48. The lowest BCUT2D eigenvalue weighted by Gasteiger charge is -2.10. The minimum atomic E-state index is 0.194. The quantitative estimate of drug-likeness (QED) is 0.715. The van der Waals surface area contributed by atoms with Gasteiger partial charge in [-0.15, -0.1) is 0 Å². The fraction of sp³-hybridized carbons (Fsp3) is 0.182. The van der Waals surface area contributed by atoms with Gasteiger partial charge in [0.1, 0.15) is 0 Å². The summed E-state index contributed by atoms with van der Waals surface area (Å²) in [4.78, 5) is 0. The number of hydrogen-bond acceptors (Lipinski definition) is 1. The number of rotatable bonds is 6. The lowest BCUT2D eigenvalue weighted by molar-refractivity contribution is 0.299. The minimum Gasteiger partial charge on any atom is -0.396 e. The lowest BCUT2D eigenvalue weighted by atomic mass is 9.95. The highest BCUT2D eigenvalue weighted by molar-refractivity contribution is 5.36. The Morgan fingerprint density at radius 1 is 0.522 bits per heavy atom. The smallest absolute Gasteiger partial charge is 0.0471 e. The van der Waals surface area contributed by atoms with Crippen LogP contribution in [0.1, 0.15) is 27.8 Å². The Morgan fingerprint density at radius 3 is 1.39 bits per heavy atom. The molecule has 1 nitrogen and oxygen atoms in total. The van der Waals surface area contributed by atoms with E-state index in [-0.39, 0.29) is 6.61 Å². The standard InChI is InChI=1S/C22H22O/c23-12-11-20-15-21(13-18-7-3-1-4-8-18)17-22(16-20)14-19-9-5-2-6-10-19/h1-10,15-17,23H,11-14H2. The molecule has 0 aliphatic carbocycles. The second-order valence-corrected chi connectivity index (χ2v) is 5.96. The number of aliphatic hydroxyl groups excluding tert-OH is 1. The van der Waals surface area contributed by atoms with Gasteiger partial charge in [0.2, 0.25) is 0 Å². The summed E-state index contributed by atoms with van der Waals surface area (Å²) >= 11 is 0. The van der Waals surface area contributed by atoms with Crippen LogP contribution in [0.3, 0.4) is 0 Å². The number of aliphatic hydroxyl groups is 1. The topological polar surface area (TPSA) is 20.2 Å². The first-order valence-corrected chi connectivity index (χ1v) is 8.14. The minimum absolute atomic E-state index is 0.194. The molecule has 0 spiro atoms. The summed E-state index contributed by atoms with van der Waals surface area (Å²) in [7, 11) is 0.